The number of aliphatic hydroxyl groups excluding tert-OH is 1. The lowest BCUT2D eigenvalue weighted by molar-refractivity contribution is 0.271. The van der Waals surface area contributed by atoms with Crippen LogP contribution in [0.15, 0.2) is 18.2 Å². The predicted octanol–water partition coefficient (Wildman–Crippen LogP) is 2.17. The van der Waals surface area contributed by atoms with E-state index in [4.69, 9.17) is 5.73 Å². The highest BCUT2D eigenvalue weighted by Crippen LogP contribution is 2.29. The second kappa shape index (κ2) is 7.89. The Morgan fingerprint density at radius 1 is 1.14 bits per heavy atom. The lowest BCUT2D eigenvalue weighted by Gasteiger charge is -2.16. The molecule has 0 aliphatic heterocycles. The van der Waals surface area contributed by atoms with E-state index >= 15 is 0 Å². The summed E-state index contributed by atoms with van der Waals surface area (Å²) in [5, 5.41) is 32.0. The van der Waals surface area contributed by atoms with Gasteiger partial charge in [0, 0.05) is 12.5 Å². The molecule has 0 spiro atoms. The van der Waals surface area contributed by atoms with Crippen LogP contribution in [0.4, 0.5) is 11.9 Å². The van der Waals surface area contributed by atoms with Gasteiger partial charge in [0.1, 0.15) is 5.52 Å². The number of anilines is 2. The van der Waals surface area contributed by atoms with Crippen LogP contribution in [0.5, 0.6) is 11.5 Å². The molecule has 0 aliphatic carbocycles. The number of nitrogens with two attached hydrogens (primary N) is 1. The molecule has 28 heavy (non-hydrogen) atoms. The number of aromatic nitrogens is 4. The zero-order valence-electron chi connectivity index (χ0n) is 16.2. The number of aliphatic hydroxyl groups is 1. The first-order valence-corrected chi connectivity index (χ1v) is 9.26. The topological polar surface area (TPSA) is 142 Å². The minimum absolute atomic E-state index is 0.0371. The fourth-order valence-corrected chi connectivity index (χ4v) is 3.08. The van der Waals surface area contributed by atoms with Crippen LogP contribution >= 0.6 is 0 Å². The summed E-state index contributed by atoms with van der Waals surface area (Å²) < 4.78 is 1.83. The monoisotopic (exact) mass is 386 g/mol. The Hall–Kier alpha value is -3.07. The number of phenolic OH excluding ortho intramolecular Hbond substituents is 2. The molecule has 150 valence electrons. The minimum Gasteiger partial charge on any atom is -0.504 e. The lowest BCUT2D eigenvalue weighted by atomic mass is 10.1. The maximum absolute atomic E-state index is 9.79. The number of nitrogens with one attached hydrogen (secondary N) is 1. The van der Waals surface area contributed by atoms with Crippen molar-refractivity contribution in [1.82, 2.24) is 19.5 Å². The zero-order chi connectivity index (χ0) is 20.4. The van der Waals surface area contributed by atoms with Crippen molar-refractivity contribution in [3.63, 3.8) is 0 Å². The van der Waals surface area contributed by atoms with E-state index in [0.29, 0.717) is 41.6 Å². The van der Waals surface area contributed by atoms with Gasteiger partial charge < -0.3 is 26.4 Å². The molecule has 9 nitrogen and oxygen atoms in total. The number of phenols is 2. The number of aromatic hydroxyl groups is 2. The fraction of sp³-hybridized carbons (Fsp3) is 0.421. The van der Waals surface area contributed by atoms with Crippen molar-refractivity contribution in [3.05, 3.63) is 29.5 Å². The summed E-state index contributed by atoms with van der Waals surface area (Å²) in [6, 6.07) is 4.51. The normalized spacial score (nSPS) is 12.6. The molecular weight excluding hydrogens is 360 g/mol. The van der Waals surface area contributed by atoms with Gasteiger partial charge in [0.25, 0.3) is 0 Å². The van der Waals surface area contributed by atoms with Crippen molar-refractivity contribution >= 4 is 23.1 Å². The Bertz CT molecular complexity index is 981. The van der Waals surface area contributed by atoms with Crippen molar-refractivity contribution in [1.29, 1.82) is 0 Å². The molecule has 0 saturated heterocycles. The molecule has 3 aromatic rings. The molecule has 3 rings (SSSR count). The number of nitrogens with zero attached hydrogens (tertiary/aromatic N) is 4. The van der Waals surface area contributed by atoms with Gasteiger partial charge in [-0.3, -0.25) is 4.57 Å². The third-order valence-corrected chi connectivity index (χ3v) is 4.61. The van der Waals surface area contributed by atoms with Crippen molar-refractivity contribution in [2.24, 2.45) is 0 Å². The van der Waals surface area contributed by atoms with E-state index in [1.165, 1.54) is 12.1 Å². The van der Waals surface area contributed by atoms with Crippen molar-refractivity contribution in [2.75, 3.05) is 17.7 Å². The first-order chi connectivity index (χ1) is 13.3. The van der Waals surface area contributed by atoms with E-state index in [0.717, 1.165) is 5.56 Å². The SMILES string of the molecule is CCC(CO)Nc1nc(Cc2ccc(O)c(O)c2)c2nc(N)n(C(C)C)c2n1. The summed E-state index contributed by atoms with van der Waals surface area (Å²) in [7, 11) is 0. The van der Waals surface area contributed by atoms with E-state index in [9.17, 15) is 15.3 Å². The Kier molecular flexibility index (Phi) is 5.55. The molecule has 0 radical (unpaired) electrons. The number of benzene rings is 1. The van der Waals surface area contributed by atoms with Crippen LogP contribution in [0.1, 0.15) is 44.5 Å². The molecule has 0 fully saturated rings. The molecule has 1 atom stereocenters. The summed E-state index contributed by atoms with van der Waals surface area (Å²) in [5.74, 6) is 0.356. The highest BCUT2D eigenvalue weighted by Gasteiger charge is 2.19. The van der Waals surface area contributed by atoms with Crippen LogP contribution in [-0.2, 0) is 6.42 Å². The number of nitrogen functional groups attached to an aromatic ring is 1. The van der Waals surface area contributed by atoms with Crippen molar-refractivity contribution in [3.8, 4) is 11.5 Å². The molecule has 1 aromatic carbocycles. The second-order valence-electron chi connectivity index (χ2n) is 7.03. The number of hydrogen-bond donors (Lipinski definition) is 5. The summed E-state index contributed by atoms with van der Waals surface area (Å²) >= 11 is 0. The Morgan fingerprint density at radius 3 is 2.50 bits per heavy atom. The van der Waals surface area contributed by atoms with E-state index in [2.05, 4.69) is 20.3 Å². The average molecular weight is 386 g/mol. The van der Waals surface area contributed by atoms with E-state index < -0.39 is 0 Å². The zero-order valence-corrected chi connectivity index (χ0v) is 16.2. The molecule has 2 aromatic heterocycles. The smallest absolute Gasteiger partial charge is 0.225 e. The largest absolute Gasteiger partial charge is 0.504 e. The van der Waals surface area contributed by atoms with Crippen LogP contribution in [0.2, 0.25) is 0 Å². The van der Waals surface area contributed by atoms with Gasteiger partial charge in [0.2, 0.25) is 11.9 Å². The molecule has 0 amide bonds. The van der Waals surface area contributed by atoms with Crippen LogP contribution in [0.3, 0.4) is 0 Å². The Labute approximate surface area is 162 Å². The van der Waals surface area contributed by atoms with E-state index in [1.807, 2.05) is 25.3 Å². The summed E-state index contributed by atoms with van der Waals surface area (Å²) in [6.45, 7) is 5.91. The van der Waals surface area contributed by atoms with Crippen molar-refractivity contribution in [2.45, 2.75) is 45.7 Å². The van der Waals surface area contributed by atoms with Crippen LogP contribution in [-0.4, -0.2) is 47.5 Å². The van der Waals surface area contributed by atoms with Gasteiger partial charge in [-0.15, -0.1) is 0 Å². The van der Waals surface area contributed by atoms with Gasteiger partial charge in [-0.1, -0.05) is 13.0 Å². The summed E-state index contributed by atoms with van der Waals surface area (Å²) in [6.07, 6.45) is 1.08. The summed E-state index contributed by atoms with van der Waals surface area (Å²) in [4.78, 5) is 13.6. The predicted molar refractivity (Wildman–Crippen MR) is 107 cm³/mol. The Balaban J connectivity index is 2.12. The van der Waals surface area contributed by atoms with E-state index in [-0.39, 0.29) is 30.2 Å². The molecule has 2 heterocycles. The summed E-state index contributed by atoms with van der Waals surface area (Å²) in [5.41, 5.74) is 8.70. The molecule has 0 aliphatic rings. The first-order valence-electron chi connectivity index (χ1n) is 9.26. The van der Waals surface area contributed by atoms with Gasteiger partial charge in [0.15, 0.2) is 17.1 Å². The number of imidazole rings is 1. The van der Waals surface area contributed by atoms with Gasteiger partial charge in [-0.05, 0) is 38.0 Å². The molecule has 1 unspecified atom stereocenters. The van der Waals surface area contributed by atoms with Gasteiger partial charge in [-0.2, -0.15) is 4.98 Å². The highest BCUT2D eigenvalue weighted by molar-refractivity contribution is 5.78. The number of hydrogen-bond acceptors (Lipinski definition) is 8. The van der Waals surface area contributed by atoms with Crippen LogP contribution in [0.25, 0.3) is 11.2 Å². The molecule has 0 saturated carbocycles. The standard InChI is InChI=1S/C19H26N6O3/c1-4-12(9-26)21-19-22-13(7-11-5-6-14(27)15(28)8-11)16-17(24-19)25(10(2)3)18(20)23-16/h5-6,8,10,12,26-28H,4,7,9H2,1-3H3,(H2,20,23)(H,21,22,24). The third kappa shape index (κ3) is 3.79. The molecule has 0 bridgehead atoms. The first kappa shape index (κ1) is 19.7. The minimum atomic E-state index is -0.195. The second-order valence-corrected chi connectivity index (χ2v) is 7.03. The quantitative estimate of drug-likeness (QED) is 0.389. The maximum Gasteiger partial charge on any atom is 0.225 e. The molecule has 9 heteroatoms. The molecular formula is C19H26N6O3. The van der Waals surface area contributed by atoms with Crippen LogP contribution in [0, 0.1) is 0 Å². The van der Waals surface area contributed by atoms with Gasteiger partial charge >= 0.3 is 0 Å². The number of rotatable bonds is 7. The highest BCUT2D eigenvalue weighted by atomic mass is 16.3. The maximum atomic E-state index is 9.79. The fourth-order valence-electron chi connectivity index (χ4n) is 3.08. The average Bonchev–Trinajstić information content (AvgIpc) is 2.99. The Morgan fingerprint density at radius 2 is 1.89 bits per heavy atom. The molecule has 6 N–H and O–H groups in total. The van der Waals surface area contributed by atoms with E-state index in [1.54, 1.807) is 6.07 Å². The van der Waals surface area contributed by atoms with Crippen molar-refractivity contribution < 1.29 is 15.3 Å². The lowest BCUT2D eigenvalue weighted by Crippen LogP contribution is -2.24. The van der Waals surface area contributed by atoms with Gasteiger partial charge in [-0.25, -0.2) is 9.97 Å². The van der Waals surface area contributed by atoms with Gasteiger partial charge in [0.05, 0.1) is 18.3 Å². The van der Waals surface area contributed by atoms with Crippen LogP contribution < -0.4 is 11.1 Å². The third-order valence-electron chi connectivity index (χ3n) is 4.61. The number of fused-ring (bicyclic) bond motifs is 1.